The average Bonchev–Trinajstić information content (AvgIpc) is 2.45. The number of hydrogen-bond donors (Lipinski definition) is 2. The molecule has 2 rings (SSSR count). The fraction of sp³-hybridized carbons (Fsp3) is 0.0667. The highest BCUT2D eigenvalue weighted by Crippen LogP contribution is 2.22. The summed E-state index contributed by atoms with van der Waals surface area (Å²) >= 11 is 2.03. The molecule has 0 spiro atoms. The number of phenolic OH excluding ortho intramolecular Hbond substituents is 1. The van der Waals surface area contributed by atoms with E-state index in [1.807, 2.05) is 22.6 Å². The van der Waals surface area contributed by atoms with E-state index >= 15 is 0 Å². The molecule has 0 heterocycles. The molecule has 0 aromatic heterocycles. The first-order valence-electron chi connectivity index (χ1n) is 6.06. The van der Waals surface area contributed by atoms with Crippen LogP contribution in [-0.2, 0) is 4.79 Å². The lowest BCUT2D eigenvalue weighted by Crippen LogP contribution is -2.36. The predicted molar refractivity (Wildman–Crippen MR) is 86.6 cm³/mol. The van der Waals surface area contributed by atoms with Crippen LogP contribution in [0, 0.1) is 3.57 Å². The third-order valence-corrected chi connectivity index (χ3v) is 3.74. The minimum Gasteiger partial charge on any atom is -0.508 e. The lowest BCUT2D eigenvalue weighted by molar-refractivity contribution is -0.135. The van der Waals surface area contributed by atoms with Gasteiger partial charge in [0.25, 0.3) is 5.91 Å². The zero-order valence-electron chi connectivity index (χ0n) is 10.9. The van der Waals surface area contributed by atoms with Gasteiger partial charge in [0.1, 0.15) is 12.3 Å². The molecule has 108 valence electrons. The van der Waals surface area contributed by atoms with Crippen molar-refractivity contribution >= 4 is 40.2 Å². The largest absolute Gasteiger partial charge is 0.508 e. The Morgan fingerprint density at radius 3 is 2.24 bits per heavy atom. The van der Waals surface area contributed by atoms with Crippen molar-refractivity contribution < 1.29 is 19.8 Å². The molecule has 2 aromatic carbocycles. The number of halogens is 1. The number of anilines is 1. The van der Waals surface area contributed by atoms with Crippen LogP contribution >= 0.6 is 22.6 Å². The van der Waals surface area contributed by atoms with E-state index in [-0.39, 0.29) is 5.75 Å². The summed E-state index contributed by atoms with van der Waals surface area (Å²) in [5.74, 6) is -1.45. The lowest BCUT2D eigenvalue weighted by Gasteiger charge is -2.21. The highest BCUT2D eigenvalue weighted by atomic mass is 127. The number of aromatic hydroxyl groups is 1. The molecule has 0 saturated carbocycles. The molecule has 0 unspecified atom stereocenters. The van der Waals surface area contributed by atoms with Gasteiger partial charge in [-0.3, -0.25) is 14.5 Å². The van der Waals surface area contributed by atoms with Gasteiger partial charge in [0.15, 0.2) is 0 Å². The minimum absolute atomic E-state index is 0.0516. The Morgan fingerprint density at radius 2 is 1.67 bits per heavy atom. The standard InChI is InChI=1S/C15H12INO4/c16-13-4-2-1-3-12(13)15(21)17(9-14(19)20)10-5-7-11(18)8-6-10/h1-8,18H,9H2,(H,19,20). The average molecular weight is 397 g/mol. The first kappa shape index (κ1) is 15.3. The molecule has 0 aliphatic carbocycles. The lowest BCUT2D eigenvalue weighted by atomic mass is 10.1. The van der Waals surface area contributed by atoms with Gasteiger partial charge < -0.3 is 10.2 Å². The molecule has 0 fully saturated rings. The maximum Gasteiger partial charge on any atom is 0.323 e. The number of aliphatic carboxylic acids is 1. The second-order valence-electron chi connectivity index (χ2n) is 4.28. The Labute approximate surface area is 135 Å². The second kappa shape index (κ2) is 6.57. The third kappa shape index (κ3) is 3.72. The fourth-order valence-corrected chi connectivity index (χ4v) is 2.45. The highest BCUT2D eigenvalue weighted by Gasteiger charge is 2.22. The van der Waals surface area contributed by atoms with Gasteiger partial charge in [0.05, 0.1) is 5.56 Å². The van der Waals surface area contributed by atoms with E-state index in [0.717, 1.165) is 3.57 Å². The van der Waals surface area contributed by atoms with Crippen LogP contribution in [0.15, 0.2) is 48.5 Å². The van der Waals surface area contributed by atoms with E-state index in [1.165, 1.54) is 29.2 Å². The Hall–Kier alpha value is -2.09. The molecule has 6 heteroatoms. The second-order valence-corrected chi connectivity index (χ2v) is 5.44. The molecule has 0 aliphatic rings. The summed E-state index contributed by atoms with van der Waals surface area (Å²) in [5.41, 5.74) is 0.854. The predicted octanol–water partition coefficient (Wildman–Crippen LogP) is 2.73. The molecule has 0 radical (unpaired) electrons. The molecule has 0 atom stereocenters. The number of carboxylic acid groups (broad SMARTS) is 1. The summed E-state index contributed by atoms with van der Waals surface area (Å²) in [5, 5.41) is 18.3. The molecule has 2 aromatic rings. The van der Waals surface area contributed by atoms with Crippen molar-refractivity contribution in [2.45, 2.75) is 0 Å². The third-order valence-electron chi connectivity index (χ3n) is 2.80. The number of carbonyl (C=O) groups is 2. The number of phenols is 1. The Balaban J connectivity index is 2.40. The van der Waals surface area contributed by atoms with Gasteiger partial charge in [-0.15, -0.1) is 0 Å². The normalized spacial score (nSPS) is 10.1. The van der Waals surface area contributed by atoms with Gasteiger partial charge in [-0.2, -0.15) is 0 Å². The molecular formula is C15H12INO4. The van der Waals surface area contributed by atoms with Crippen LogP contribution in [0.5, 0.6) is 5.75 Å². The van der Waals surface area contributed by atoms with E-state index in [4.69, 9.17) is 5.11 Å². The monoisotopic (exact) mass is 397 g/mol. The van der Waals surface area contributed by atoms with Gasteiger partial charge in [0, 0.05) is 9.26 Å². The molecule has 1 amide bonds. The zero-order valence-corrected chi connectivity index (χ0v) is 13.0. The zero-order chi connectivity index (χ0) is 15.4. The van der Waals surface area contributed by atoms with Gasteiger partial charge in [-0.25, -0.2) is 0 Å². The van der Waals surface area contributed by atoms with Crippen LogP contribution in [0.3, 0.4) is 0 Å². The van der Waals surface area contributed by atoms with Crippen LogP contribution in [0.4, 0.5) is 5.69 Å². The maximum atomic E-state index is 12.6. The van der Waals surface area contributed by atoms with Gasteiger partial charge in [-0.05, 0) is 59.0 Å². The Bertz CT molecular complexity index is 670. The first-order valence-corrected chi connectivity index (χ1v) is 7.14. The number of nitrogens with zero attached hydrogens (tertiary/aromatic N) is 1. The van der Waals surface area contributed by atoms with Crippen LogP contribution in [-0.4, -0.2) is 28.6 Å². The summed E-state index contributed by atoms with van der Waals surface area (Å²) in [6.07, 6.45) is 0. The minimum atomic E-state index is -1.11. The summed E-state index contributed by atoms with van der Waals surface area (Å²) in [6.45, 7) is -0.450. The molecule has 0 bridgehead atoms. The number of carbonyl (C=O) groups excluding carboxylic acids is 1. The Kier molecular flexibility index (Phi) is 4.79. The number of benzene rings is 2. The van der Waals surface area contributed by atoms with E-state index in [2.05, 4.69) is 0 Å². The number of rotatable bonds is 4. The van der Waals surface area contributed by atoms with Crippen LogP contribution in [0.25, 0.3) is 0 Å². The molecule has 5 nitrogen and oxygen atoms in total. The molecule has 0 aliphatic heterocycles. The smallest absolute Gasteiger partial charge is 0.323 e. The van der Waals surface area contributed by atoms with Crippen molar-refractivity contribution in [2.24, 2.45) is 0 Å². The van der Waals surface area contributed by atoms with Crippen molar-refractivity contribution in [3.63, 3.8) is 0 Å². The van der Waals surface area contributed by atoms with Crippen molar-refractivity contribution in [1.29, 1.82) is 0 Å². The summed E-state index contributed by atoms with van der Waals surface area (Å²) in [4.78, 5) is 24.8. The van der Waals surface area contributed by atoms with Crippen molar-refractivity contribution in [3.8, 4) is 5.75 Å². The Morgan fingerprint density at radius 1 is 1.05 bits per heavy atom. The first-order chi connectivity index (χ1) is 9.99. The molecular weight excluding hydrogens is 385 g/mol. The van der Waals surface area contributed by atoms with Gasteiger partial charge >= 0.3 is 5.97 Å². The van der Waals surface area contributed by atoms with Gasteiger partial charge in [0.2, 0.25) is 0 Å². The van der Waals surface area contributed by atoms with E-state index in [1.54, 1.807) is 24.3 Å². The molecule has 0 saturated heterocycles. The van der Waals surface area contributed by atoms with Crippen LogP contribution in [0.2, 0.25) is 0 Å². The van der Waals surface area contributed by atoms with E-state index in [9.17, 15) is 14.7 Å². The molecule has 21 heavy (non-hydrogen) atoms. The van der Waals surface area contributed by atoms with Crippen LogP contribution in [0.1, 0.15) is 10.4 Å². The van der Waals surface area contributed by atoms with E-state index in [0.29, 0.717) is 11.3 Å². The summed E-state index contributed by atoms with van der Waals surface area (Å²) < 4.78 is 0.745. The fourth-order valence-electron chi connectivity index (χ4n) is 1.83. The van der Waals surface area contributed by atoms with E-state index < -0.39 is 18.4 Å². The van der Waals surface area contributed by atoms with Crippen molar-refractivity contribution in [1.82, 2.24) is 0 Å². The quantitative estimate of drug-likeness (QED) is 0.778. The van der Waals surface area contributed by atoms with Crippen molar-refractivity contribution in [2.75, 3.05) is 11.4 Å². The highest BCUT2D eigenvalue weighted by molar-refractivity contribution is 14.1. The summed E-state index contributed by atoms with van der Waals surface area (Å²) in [6, 6.07) is 12.8. The van der Waals surface area contributed by atoms with Gasteiger partial charge in [-0.1, -0.05) is 12.1 Å². The molecule has 2 N–H and O–H groups in total. The van der Waals surface area contributed by atoms with Crippen molar-refractivity contribution in [3.05, 3.63) is 57.7 Å². The number of carboxylic acids is 1. The summed E-state index contributed by atoms with van der Waals surface area (Å²) in [7, 11) is 0. The number of amides is 1. The maximum absolute atomic E-state index is 12.6. The number of hydrogen-bond acceptors (Lipinski definition) is 3. The van der Waals surface area contributed by atoms with Crippen LogP contribution < -0.4 is 4.90 Å². The SMILES string of the molecule is O=C(O)CN(C(=O)c1ccccc1I)c1ccc(O)cc1. The topological polar surface area (TPSA) is 77.8 Å².